The van der Waals surface area contributed by atoms with Crippen molar-refractivity contribution in [2.75, 3.05) is 52.9 Å². The minimum absolute atomic E-state index is 0. The third-order valence-electron chi connectivity index (χ3n) is 7.81. The van der Waals surface area contributed by atoms with E-state index in [1.54, 1.807) is 0 Å². The van der Waals surface area contributed by atoms with Gasteiger partial charge in [-0.3, -0.25) is 76.9 Å². The molecule has 0 aliphatic carbocycles. The maximum atomic E-state index is 11.4. The molecule has 4 fully saturated rings. The molecule has 4 saturated heterocycles. The van der Waals surface area contributed by atoms with Crippen molar-refractivity contribution in [3.05, 3.63) is 0 Å². The first-order valence-corrected chi connectivity index (χ1v) is 20.8. The van der Waals surface area contributed by atoms with Gasteiger partial charge in [-0.25, -0.2) is 9.59 Å². The van der Waals surface area contributed by atoms with Gasteiger partial charge in [-0.15, -0.1) is 0 Å². The van der Waals surface area contributed by atoms with Crippen LogP contribution in [0, 0.1) is 0 Å². The van der Waals surface area contributed by atoms with Gasteiger partial charge in [0.1, 0.15) is 26.1 Å². The van der Waals surface area contributed by atoms with Crippen molar-refractivity contribution in [1.82, 2.24) is 20.3 Å². The minimum atomic E-state index is -1.48. The van der Waals surface area contributed by atoms with Gasteiger partial charge in [0.05, 0.1) is 39.6 Å². The second-order valence-corrected chi connectivity index (χ2v) is 13.4. The summed E-state index contributed by atoms with van der Waals surface area (Å²) in [5.74, 6) is -9.16. The molecule has 4 rings (SSSR count). The number of rotatable bonds is 21. The molecule has 4 aliphatic heterocycles. The van der Waals surface area contributed by atoms with E-state index in [1.165, 1.54) is 0 Å². The molecule has 0 spiro atoms. The van der Waals surface area contributed by atoms with E-state index in [0.717, 1.165) is 19.3 Å². The summed E-state index contributed by atoms with van der Waals surface area (Å²) >= 11 is 0. The van der Waals surface area contributed by atoms with E-state index >= 15 is 0 Å². The number of amides is 8. The van der Waals surface area contributed by atoms with Gasteiger partial charge in [0.2, 0.25) is 0 Å². The third-order valence-corrected chi connectivity index (χ3v) is 7.81. The van der Waals surface area contributed by atoms with E-state index < -0.39 is 102 Å². The molecule has 0 aromatic rings. The molecule has 0 aromatic carbocycles. The smallest absolute Gasteiger partial charge is 0.481 e. The van der Waals surface area contributed by atoms with E-state index in [2.05, 4.69) is 28.8 Å². The Balaban J connectivity index is -0.000000177. The van der Waals surface area contributed by atoms with Crippen molar-refractivity contribution < 1.29 is 141 Å². The van der Waals surface area contributed by atoms with Crippen LogP contribution in [0.4, 0.5) is 14.4 Å². The van der Waals surface area contributed by atoms with Crippen LogP contribution < -0.4 is 0 Å². The van der Waals surface area contributed by atoms with Gasteiger partial charge in [-0.05, 0) is 12.8 Å². The zero-order valence-electron chi connectivity index (χ0n) is 37.6. The summed E-state index contributed by atoms with van der Waals surface area (Å²) in [6.45, 7) is -0.918. The van der Waals surface area contributed by atoms with Crippen LogP contribution >= 0.6 is 0 Å². The van der Waals surface area contributed by atoms with Gasteiger partial charge in [0.25, 0.3) is 47.3 Å². The van der Waals surface area contributed by atoms with Gasteiger partial charge in [-0.1, -0.05) is 84.1 Å². The molecule has 446 valence electrons. The Morgan fingerprint density at radius 1 is 0.325 bits per heavy atom. The highest BCUT2D eigenvalue weighted by atomic mass is 16.9. The number of esters is 2. The lowest BCUT2D eigenvalue weighted by molar-refractivity contribution is -0.198. The van der Waals surface area contributed by atoms with Crippen LogP contribution in [0.1, 0.15) is 141 Å². The monoisotopic (exact) mass is 1120 g/mol. The summed E-state index contributed by atoms with van der Waals surface area (Å²) in [6.07, 6.45) is -1.82. The van der Waals surface area contributed by atoms with Crippen LogP contribution in [-0.2, 0) is 95.8 Å². The van der Waals surface area contributed by atoms with Gasteiger partial charge < -0.3 is 49.6 Å². The van der Waals surface area contributed by atoms with Gasteiger partial charge in [0.15, 0.2) is 0 Å². The van der Waals surface area contributed by atoms with E-state index in [1.807, 2.05) is 0 Å². The number of unbranched alkanes of at least 4 members (excludes halogenated alkanes) is 4. The Bertz CT molecular complexity index is 1720. The number of carboxylic acids is 2. The van der Waals surface area contributed by atoms with Crippen LogP contribution in [0.2, 0.25) is 0 Å². The van der Waals surface area contributed by atoms with Crippen LogP contribution in [0.25, 0.3) is 0 Å². The number of hydrogen-bond donors (Lipinski definition) is 6. The lowest BCUT2D eigenvalue weighted by atomic mass is 10.1. The van der Waals surface area contributed by atoms with Gasteiger partial charge in [0, 0.05) is 51.4 Å². The number of aliphatic hydroxyl groups is 4. The summed E-state index contributed by atoms with van der Waals surface area (Å²) < 4.78 is 18.4. The molecule has 0 atom stereocenters. The highest BCUT2D eigenvalue weighted by Crippen LogP contribution is 2.17. The number of aliphatic carboxylic acids is 2. The number of imide groups is 4. The Hall–Kier alpha value is -7.91. The number of hydroxylamine groups is 8. The van der Waals surface area contributed by atoms with Gasteiger partial charge in [-0.2, -0.15) is 4.79 Å². The van der Waals surface area contributed by atoms with Crippen molar-refractivity contribution in [1.29, 1.82) is 0 Å². The number of aliphatic hydroxyl groups excluding tert-OH is 4. The molecule has 0 radical (unpaired) electrons. The first-order chi connectivity index (χ1) is 33.6. The highest BCUT2D eigenvalue weighted by molar-refractivity contribution is 6.03. The van der Waals surface area contributed by atoms with E-state index in [4.69, 9.17) is 40.1 Å². The van der Waals surface area contributed by atoms with Crippen molar-refractivity contribution in [3.8, 4) is 0 Å². The second kappa shape index (κ2) is 47.8. The molecule has 8 amide bonds. The fourth-order valence-electron chi connectivity index (χ4n) is 4.71. The molecule has 6 N–H and O–H groups in total. The van der Waals surface area contributed by atoms with Crippen LogP contribution in [-0.4, -0.2) is 193 Å². The predicted octanol–water partition coefficient (Wildman–Crippen LogP) is 1.42. The summed E-state index contributed by atoms with van der Waals surface area (Å²) in [4.78, 5) is 182. The number of ether oxygens (including phenoxy) is 4. The molecule has 0 bridgehead atoms. The number of hydrogen-bond acceptors (Lipinski definition) is 27. The molecule has 0 aromatic heterocycles. The topological polar surface area (TPSA) is 464 Å². The SMILES string of the molecule is C.C.C.C.C.C.O=C(CC(=O)OCCO)OCCO.O=C(O)CC(=O)O.O=C(OCCCCCCCOC(=O)ON1C(=O)CCC1=O)ON1C(=O)CCC1=O.O=C(ON1C(=O)CCC1=O)ON1C(=O)CCC1=O.OCCO. The first kappa shape index (κ1) is 83.1. The fourth-order valence-corrected chi connectivity index (χ4v) is 4.71. The average Bonchev–Trinajstić information content (AvgIpc) is 4.02. The van der Waals surface area contributed by atoms with Crippen molar-refractivity contribution >= 4 is 89.6 Å². The molecular formula is C44H76N4O29. The molecule has 0 saturated carbocycles. The lowest BCUT2D eigenvalue weighted by Crippen LogP contribution is -2.37. The van der Waals surface area contributed by atoms with E-state index in [-0.39, 0.29) is 159 Å². The number of carbonyl (C=O) groups is 15. The molecular weight excluding hydrogens is 1050 g/mol. The predicted molar refractivity (Wildman–Crippen MR) is 255 cm³/mol. The Kier molecular flexibility index (Phi) is 51.6. The van der Waals surface area contributed by atoms with Crippen molar-refractivity contribution in [2.24, 2.45) is 0 Å². The van der Waals surface area contributed by atoms with E-state index in [9.17, 15) is 71.9 Å². The zero-order valence-corrected chi connectivity index (χ0v) is 37.6. The summed E-state index contributed by atoms with van der Waals surface area (Å²) in [5.41, 5.74) is 0. The molecule has 4 aliphatic rings. The Morgan fingerprint density at radius 2 is 0.558 bits per heavy atom. The van der Waals surface area contributed by atoms with Crippen LogP contribution in [0.15, 0.2) is 0 Å². The maximum absolute atomic E-state index is 11.4. The number of carbonyl (C=O) groups excluding carboxylic acids is 13. The van der Waals surface area contributed by atoms with Crippen molar-refractivity contribution in [2.45, 2.75) is 141 Å². The standard InChI is InChI=1S/C17H22N2O10.C9H8N2O7.C7H12O6.C3H4O4.C2H6O2.6CH4/c20-12-6-7-13(21)18(12)28-16(24)26-10-4-2-1-3-5-11-27-17(25)29-19-14(22)8-9-15(19)23;12-5-1-2-6(13)10(5)17-9(16)18-11-7(14)3-4-8(11)15;8-1-3-12-6(10)5-7(11)13-4-2-9;4-2(5)1-3(6)7;3-1-2-4;;;;;;/h1-11H2;1-4H2;8-9H,1-5H2;1H2,(H,4,5)(H,6,7);3-4H,1-2H2;6*1H4. The average molecular weight is 1130 g/mol. The number of nitrogens with zero attached hydrogens (tertiary/aromatic N) is 4. The molecule has 4 heterocycles. The first-order valence-electron chi connectivity index (χ1n) is 20.8. The summed E-state index contributed by atoms with van der Waals surface area (Å²) in [5, 5.41) is 48.5. The second-order valence-electron chi connectivity index (χ2n) is 13.4. The van der Waals surface area contributed by atoms with Crippen molar-refractivity contribution in [3.63, 3.8) is 0 Å². The Labute approximate surface area is 443 Å². The molecule has 77 heavy (non-hydrogen) atoms. The Morgan fingerprint density at radius 3 is 0.766 bits per heavy atom. The zero-order chi connectivity index (χ0) is 53.9. The molecule has 0 unspecified atom stereocenters. The number of carboxylic acid groups (broad SMARTS) is 2. The molecule has 33 nitrogen and oxygen atoms in total. The maximum Gasteiger partial charge on any atom is 0.560 e. The summed E-state index contributed by atoms with van der Waals surface area (Å²) in [6, 6.07) is 0. The van der Waals surface area contributed by atoms with Crippen LogP contribution in [0.3, 0.4) is 0 Å². The quantitative estimate of drug-likeness (QED) is 0.0311. The molecule has 33 heteroatoms. The highest BCUT2D eigenvalue weighted by Gasteiger charge is 2.38. The van der Waals surface area contributed by atoms with Gasteiger partial charge >= 0.3 is 42.3 Å². The van der Waals surface area contributed by atoms with Crippen LogP contribution in [0.5, 0.6) is 0 Å². The van der Waals surface area contributed by atoms with E-state index in [0.29, 0.717) is 23.0 Å². The summed E-state index contributed by atoms with van der Waals surface area (Å²) in [7, 11) is 0. The lowest BCUT2D eigenvalue weighted by Gasteiger charge is -2.15. The minimum Gasteiger partial charge on any atom is -0.481 e. The largest absolute Gasteiger partial charge is 0.560 e. The third kappa shape index (κ3) is 37.5. The normalized spacial score (nSPS) is 13.5. The fraction of sp³-hybridized carbons (Fsp3) is 0.659.